The van der Waals surface area contributed by atoms with Gasteiger partial charge in [-0.2, -0.15) is 13.2 Å². The number of ether oxygens (including phenoxy) is 2. The summed E-state index contributed by atoms with van der Waals surface area (Å²) >= 11 is 0. The minimum absolute atomic E-state index is 0.695. The van der Waals surface area contributed by atoms with Gasteiger partial charge in [-0.25, -0.2) is 4.79 Å². The first-order valence-electron chi connectivity index (χ1n) is 3.14. The molecule has 3 nitrogen and oxygen atoms in total. The average Bonchev–Trinajstić information content (AvgIpc) is 2.61. The highest BCUT2D eigenvalue weighted by molar-refractivity contribution is 5.91. The van der Waals surface area contributed by atoms with Crippen molar-refractivity contribution < 1.29 is 27.4 Å². The van der Waals surface area contributed by atoms with Crippen LogP contribution in [0.15, 0.2) is 11.6 Å². The van der Waals surface area contributed by atoms with Gasteiger partial charge < -0.3 is 9.47 Å². The van der Waals surface area contributed by atoms with E-state index in [4.69, 9.17) is 0 Å². The fraction of sp³-hybridized carbons (Fsp3) is 0.500. The smallest absolute Gasteiger partial charge is 0.423 e. The van der Waals surface area contributed by atoms with Crippen LogP contribution in [0, 0.1) is 0 Å². The van der Waals surface area contributed by atoms with Gasteiger partial charge in [-0.05, 0) is 6.08 Å². The molecule has 6 heteroatoms. The van der Waals surface area contributed by atoms with Crippen LogP contribution < -0.4 is 0 Å². The topological polar surface area (TPSA) is 38.8 Å². The molecule has 1 saturated heterocycles. The van der Waals surface area contributed by atoms with Gasteiger partial charge in [0, 0.05) is 0 Å². The maximum absolute atomic E-state index is 12.0. The zero-order chi connectivity index (χ0) is 8.93. The molecule has 0 radical (unpaired) electrons. The zero-order valence-electron chi connectivity index (χ0n) is 5.59. The van der Waals surface area contributed by atoms with Crippen LogP contribution in [-0.2, 0) is 14.3 Å². The normalized spacial score (nSPS) is 33.6. The molecule has 2 heterocycles. The molecule has 0 spiro atoms. The van der Waals surface area contributed by atoms with E-state index in [1.54, 1.807) is 0 Å². The second-order valence-corrected chi connectivity index (χ2v) is 2.45. The number of carbonyl (C=O) groups excluding carboxylic acids is 1. The highest BCUT2D eigenvalue weighted by Crippen LogP contribution is 2.37. The van der Waals surface area contributed by atoms with Crippen LogP contribution in [0.4, 0.5) is 13.2 Å². The molecular formula is C6H3F3O3. The summed E-state index contributed by atoms with van der Waals surface area (Å²) in [7, 11) is 0. The van der Waals surface area contributed by atoms with Crippen molar-refractivity contribution in [1.29, 1.82) is 0 Å². The quantitative estimate of drug-likeness (QED) is 0.408. The van der Waals surface area contributed by atoms with Gasteiger partial charge >= 0.3 is 12.1 Å². The second kappa shape index (κ2) is 2.01. The number of epoxide rings is 1. The van der Waals surface area contributed by atoms with Crippen molar-refractivity contribution in [3.63, 3.8) is 0 Å². The predicted octanol–water partition coefficient (Wildman–Crippen LogP) is 0.757. The SMILES string of the molecule is O=C1OC2OC2C=C1C(F)(F)F. The minimum atomic E-state index is -4.64. The Labute approximate surface area is 64.7 Å². The van der Waals surface area contributed by atoms with Crippen LogP contribution >= 0.6 is 0 Å². The third-order valence-corrected chi connectivity index (χ3v) is 1.56. The highest BCUT2D eigenvalue weighted by Gasteiger charge is 2.52. The Kier molecular flexibility index (Phi) is 1.27. The number of hydrogen-bond donors (Lipinski definition) is 0. The lowest BCUT2D eigenvalue weighted by atomic mass is 10.2. The standard InChI is InChI=1S/C6H3F3O3/c7-6(8,9)2-1-3-5(11-3)12-4(2)10/h1,3,5H. The highest BCUT2D eigenvalue weighted by atomic mass is 19.4. The second-order valence-electron chi connectivity index (χ2n) is 2.45. The van der Waals surface area contributed by atoms with Crippen LogP contribution in [0.25, 0.3) is 0 Å². The molecule has 0 amide bonds. The number of carbonyl (C=O) groups is 1. The Morgan fingerprint density at radius 1 is 1.42 bits per heavy atom. The van der Waals surface area contributed by atoms with E-state index in [-0.39, 0.29) is 0 Å². The van der Waals surface area contributed by atoms with Crippen LogP contribution in [0.3, 0.4) is 0 Å². The molecule has 0 aromatic carbocycles. The van der Waals surface area contributed by atoms with Gasteiger partial charge in [0.15, 0.2) is 0 Å². The molecule has 0 aliphatic carbocycles. The number of halogens is 3. The lowest BCUT2D eigenvalue weighted by Crippen LogP contribution is -2.27. The summed E-state index contributed by atoms with van der Waals surface area (Å²) in [4.78, 5) is 10.6. The minimum Gasteiger partial charge on any atom is -0.429 e. The largest absolute Gasteiger partial charge is 0.429 e. The first-order chi connectivity index (χ1) is 5.48. The molecule has 0 saturated carbocycles. The first-order valence-corrected chi connectivity index (χ1v) is 3.14. The lowest BCUT2D eigenvalue weighted by molar-refractivity contribution is -0.155. The van der Waals surface area contributed by atoms with E-state index >= 15 is 0 Å². The number of fused-ring (bicyclic) bond motifs is 1. The molecule has 0 N–H and O–H groups in total. The monoisotopic (exact) mass is 180 g/mol. The van der Waals surface area contributed by atoms with Gasteiger partial charge in [0.25, 0.3) is 0 Å². The Morgan fingerprint density at radius 2 is 2.08 bits per heavy atom. The maximum atomic E-state index is 12.0. The summed E-state index contributed by atoms with van der Waals surface area (Å²) in [6.07, 6.45) is -5.38. The Bertz CT molecular complexity index is 268. The number of rotatable bonds is 0. The molecule has 2 aliphatic rings. The molecule has 0 aromatic rings. The van der Waals surface area contributed by atoms with Gasteiger partial charge in [0.05, 0.1) is 0 Å². The fourth-order valence-corrected chi connectivity index (χ4v) is 0.934. The van der Waals surface area contributed by atoms with E-state index in [2.05, 4.69) is 9.47 Å². The van der Waals surface area contributed by atoms with Crippen molar-refractivity contribution in [3.05, 3.63) is 11.6 Å². The van der Waals surface area contributed by atoms with Crippen LogP contribution in [0.2, 0.25) is 0 Å². The molecule has 2 rings (SSSR count). The molecule has 2 aliphatic heterocycles. The summed E-state index contributed by atoms with van der Waals surface area (Å²) in [5.41, 5.74) is -1.28. The predicted molar refractivity (Wildman–Crippen MR) is 28.9 cm³/mol. The van der Waals surface area contributed by atoms with Gasteiger partial charge in [-0.15, -0.1) is 0 Å². The van der Waals surface area contributed by atoms with E-state index in [1.165, 1.54) is 0 Å². The van der Waals surface area contributed by atoms with Crippen molar-refractivity contribution in [1.82, 2.24) is 0 Å². The zero-order valence-corrected chi connectivity index (χ0v) is 5.59. The van der Waals surface area contributed by atoms with E-state index in [1.807, 2.05) is 0 Å². The summed E-state index contributed by atoms with van der Waals surface area (Å²) in [5, 5.41) is 0. The molecule has 0 bridgehead atoms. The molecule has 0 aromatic heterocycles. The van der Waals surface area contributed by atoms with Gasteiger partial charge in [-0.3, -0.25) is 0 Å². The Morgan fingerprint density at radius 3 is 2.67 bits per heavy atom. The molecular weight excluding hydrogens is 177 g/mol. The first kappa shape index (κ1) is 7.60. The number of alkyl halides is 3. The Balaban J connectivity index is 2.28. The summed E-state index contributed by atoms with van der Waals surface area (Å²) < 4.78 is 44.7. The van der Waals surface area contributed by atoms with Crippen molar-refractivity contribution >= 4 is 5.97 Å². The molecule has 12 heavy (non-hydrogen) atoms. The van der Waals surface area contributed by atoms with Crippen molar-refractivity contribution in [2.24, 2.45) is 0 Å². The van der Waals surface area contributed by atoms with Crippen molar-refractivity contribution in [3.8, 4) is 0 Å². The fourth-order valence-electron chi connectivity index (χ4n) is 0.934. The van der Waals surface area contributed by atoms with Crippen molar-refractivity contribution in [2.75, 3.05) is 0 Å². The molecule has 2 atom stereocenters. The van der Waals surface area contributed by atoms with E-state index in [0.717, 1.165) is 6.08 Å². The number of esters is 1. The summed E-state index contributed by atoms with van der Waals surface area (Å²) in [6.45, 7) is 0. The van der Waals surface area contributed by atoms with Crippen molar-refractivity contribution in [2.45, 2.75) is 18.6 Å². The summed E-state index contributed by atoms with van der Waals surface area (Å²) in [6, 6.07) is 0. The molecule has 1 fully saturated rings. The van der Waals surface area contributed by atoms with E-state index in [9.17, 15) is 18.0 Å². The summed E-state index contributed by atoms with van der Waals surface area (Å²) in [5.74, 6) is -1.36. The number of hydrogen-bond acceptors (Lipinski definition) is 3. The molecule has 66 valence electrons. The van der Waals surface area contributed by atoms with E-state index < -0.39 is 30.1 Å². The van der Waals surface area contributed by atoms with Gasteiger partial charge in [-0.1, -0.05) is 0 Å². The van der Waals surface area contributed by atoms with Crippen LogP contribution in [0.5, 0.6) is 0 Å². The van der Waals surface area contributed by atoms with Gasteiger partial charge in [0.1, 0.15) is 11.7 Å². The lowest BCUT2D eigenvalue weighted by Gasteiger charge is -2.11. The Hall–Kier alpha value is -1.04. The maximum Gasteiger partial charge on any atom is 0.423 e. The van der Waals surface area contributed by atoms with E-state index in [0.29, 0.717) is 0 Å². The van der Waals surface area contributed by atoms with Crippen LogP contribution in [0.1, 0.15) is 0 Å². The van der Waals surface area contributed by atoms with Gasteiger partial charge in [0.2, 0.25) is 6.29 Å². The molecule has 2 unspecified atom stereocenters. The average molecular weight is 180 g/mol. The van der Waals surface area contributed by atoms with Crippen LogP contribution in [-0.4, -0.2) is 24.5 Å². The third-order valence-electron chi connectivity index (χ3n) is 1.56. The third kappa shape index (κ3) is 1.08.